The van der Waals surface area contributed by atoms with Crippen molar-refractivity contribution in [3.8, 4) is 16.9 Å². The Morgan fingerprint density at radius 2 is 1.87 bits per heavy atom. The summed E-state index contributed by atoms with van der Waals surface area (Å²) in [5, 5.41) is 11.5. The van der Waals surface area contributed by atoms with Gasteiger partial charge in [-0.15, -0.1) is 0 Å². The van der Waals surface area contributed by atoms with Gasteiger partial charge in [-0.3, -0.25) is 9.79 Å². The number of aromatic hydroxyl groups is 1. The molecule has 7 nitrogen and oxygen atoms in total. The lowest BCUT2D eigenvalue weighted by Crippen LogP contribution is -2.22. The number of para-hydroxylation sites is 1. The van der Waals surface area contributed by atoms with Crippen molar-refractivity contribution in [2.75, 3.05) is 18.5 Å². The summed E-state index contributed by atoms with van der Waals surface area (Å²) in [7, 11) is 1.60. The highest BCUT2D eigenvalue weighted by atomic mass is 32.2. The summed E-state index contributed by atoms with van der Waals surface area (Å²) in [4.78, 5) is 26.9. The molecule has 0 aliphatic carbocycles. The van der Waals surface area contributed by atoms with Crippen LogP contribution < -0.4 is 16.2 Å². The van der Waals surface area contributed by atoms with Gasteiger partial charge in [-0.2, -0.15) is 4.39 Å². The van der Waals surface area contributed by atoms with Crippen LogP contribution in [-0.4, -0.2) is 34.9 Å². The van der Waals surface area contributed by atoms with E-state index in [9.17, 15) is 14.3 Å². The number of aromatic amines is 1. The topological polar surface area (TPSA) is 108 Å². The highest BCUT2D eigenvalue weighted by Crippen LogP contribution is 2.43. The molecule has 4 N–H and O–H groups in total. The van der Waals surface area contributed by atoms with E-state index < -0.39 is 11.5 Å². The van der Waals surface area contributed by atoms with E-state index in [-0.39, 0.29) is 10.6 Å². The molecule has 0 saturated heterocycles. The van der Waals surface area contributed by atoms with Crippen LogP contribution in [0.2, 0.25) is 0 Å². The molecule has 2 heterocycles. The zero-order valence-corrected chi connectivity index (χ0v) is 22.1. The van der Waals surface area contributed by atoms with E-state index in [0.29, 0.717) is 29.2 Å². The summed E-state index contributed by atoms with van der Waals surface area (Å²) in [6.45, 7) is 4.22. The zero-order chi connectivity index (χ0) is 27.2. The SMILES string of the molecule is CCN(c1ccccc1)c1c(C(C=NC)=CN)[nH]c(=O)c(Sc2ccc(-c3ccc(F)nc3C)cc2)c1O. The van der Waals surface area contributed by atoms with Crippen LogP contribution in [0.4, 0.5) is 15.8 Å². The fraction of sp³-hybridized carbons (Fsp3) is 0.138. The highest BCUT2D eigenvalue weighted by Gasteiger charge is 2.24. The van der Waals surface area contributed by atoms with Crippen LogP contribution in [0.1, 0.15) is 18.3 Å². The number of pyridine rings is 2. The maximum atomic E-state index is 13.4. The minimum Gasteiger partial charge on any atom is -0.504 e. The summed E-state index contributed by atoms with van der Waals surface area (Å²) in [6, 6.07) is 20.0. The predicted molar refractivity (Wildman–Crippen MR) is 153 cm³/mol. The minimum absolute atomic E-state index is 0.148. The Bertz CT molecular complexity index is 1550. The molecule has 0 aliphatic rings. The summed E-state index contributed by atoms with van der Waals surface area (Å²) in [5.74, 6) is -0.687. The predicted octanol–water partition coefficient (Wildman–Crippen LogP) is 5.90. The first-order chi connectivity index (χ1) is 18.4. The molecule has 0 radical (unpaired) electrons. The Kier molecular flexibility index (Phi) is 8.28. The number of anilines is 2. The number of aryl methyl sites for hydroxylation is 1. The van der Waals surface area contributed by atoms with Crippen molar-refractivity contribution >= 4 is 34.9 Å². The molecule has 4 rings (SSSR count). The summed E-state index contributed by atoms with van der Waals surface area (Å²) in [6.07, 6.45) is 2.88. The van der Waals surface area contributed by atoms with Crippen molar-refractivity contribution in [1.82, 2.24) is 9.97 Å². The van der Waals surface area contributed by atoms with E-state index in [1.165, 1.54) is 18.5 Å². The Morgan fingerprint density at radius 1 is 1.16 bits per heavy atom. The molecule has 0 spiro atoms. The van der Waals surface area contributed by atoms with Crippen molar-refractivity contribution in [2.45, 2.75) is 23.6 Å². The molecule has 0 unspecified atom stereocenters. The number of allylic oxidation sites excluding steroid dienone is 1. The van der Waals surface area contributed by atoms with Gasteiger partial charge < -0.3 is 20.7 Å². The van der Waals surface area contributed by atoms with Crippen molar-refractivity contribution in [3.63, 3.8) is 0 Å². The lowest BCUT2D eigenvalue weighted by Gasteiger charge is -2.27. The van der Waals surface area contributed by atoms with Crippen LogP contribution in [0.25, 0.3) is 16.7 Å². The van der Waals surface area contributed by atoms with Crippen molar-refractivity contribution in [2.24, 2.45) is 10.7 Å². The van der Waals surface area contributed by atoms with Gasteiger partial charge in [0.25, 0.3) is 5.56 Å². The van der Waals surface area contributed by atoms with Crippen molar-refractivity contribution in [3.05, 3.63) is 101 Å². The van der Waals surface area contributed by atoms with Gasteiger partial charge in [0.1, 0.15) is 10.6 Å². The minimum atomic E-state index is -0.526. The number of nitrogens with zero attached hydrogens (tertiary/aromatic N) is 3. The fourth-order valence-corrected chi connectivity index (χ4v) is 5.04. The number of hydrogen-bond donors (Lipinski definition) is 3. The third kappa shape index (κ3) is 5.47. The quantitative estimate of drug-likeness (QED) is 0.194. The second-order valence-corrected chi connectivity index (χ2v) is 9.42. The molecule has 0 aliphatic heterocycles. The van der Waals surface area contributed by atoms with Gasteiger partial charge in [-0.05, 0) is 55.8 Å². The average Bonchev–Trinajstić information content (AvgIpc) is 2.92. The van der Waals surface area contributed by atoms with Crippen LogP contribution in [-0.2, 0) is 0 Å². The van der Waals surface area contributed by atoms with Gasteiger partial charge in [-0.1, -0.05) is 42.1 Å². The first-order valence-corrected chi connectivity index (χ1v) is 12.8. The second-order valence-electron chi connectivity index (χ2n) is 8.34. The smallest absolute Gasteiger partial charge is 0.266 e. The van der Waals surface area contributed by atoms with Crippen LogP contribution >= 0.6 is 11.8 Å². The molecule has 194 valence electrons. The van der Waals surface area contributed by atoms with Gasteiger partial charge >= 0.3 is 0 Å². The molecule has 0 amide bonds. The fourth-order valence-electron chi connectivity index (χ4n) is 4.19. The van der Waals surface area contributed by atoms with Crippen LogP contribution in [0.5, 0.6) is 5.75 Å². The van der Waals surface area contributed by atoms with E-state index in [1.54, 1.807) is 20.0 Å². The second kappa shape index (κ2) is 11.8. The first kappa shape index (κ1) is 26.7. The molecule has 0 atom stereocenters. The van der Waals surface area contributed by atoms with Gasteiger partial charge in [-0.25, -0.2) is 4.98 Å². The van der Waals surface area contributed by atoms with Gasteiger partial charge in [0.05, 0.1) is 5.69 Å². The lowest BCUT2D eigenvalue weighted by molar-refractivity contribution is 0.460. The molecule has 38 heavy (non-hydrogen) atoms. The molecule has 2 aromatic heterocycles. The Hall–Kier alpha value is -4.37. The van der Waals surface area contributed by atoms with Crippen LogP contribution in [0, 0.1) is 12.9 Å². The monoisotopic (exact) mass is 529 g/mol. The normalized spacial score (nSPS) is 11.7. The number of hydrogen-bond acceptors (Lipinski definition) is 7. The number of nitrogens with two attached hydrogens (primary N) is 1. The highest BCUT2D eigenvalue weighted by molar-refractivity contribution is 7.99. The first-order valence-electron chi connectivity index (χ1n) is 12.0. The number of aliphatic imine (C=N–C) groups is 1. The number of benzene rings is 2. The van der Waals surface area contributed by atoms with Crippen molar-refractivity contribution < 1.29 is 9.50 Å². The Balaban J connectivity index is 1.80. The molecular weight excluding hydrogens is 501 g/mol. The van der Waals surface area contributed by atoms with E-state index in [1.807, 2.05) is 66.4 Å². The number of halogens is 1. The Labute approximate surface area is 224 Å². The third-order valence-electron chi connectivity index (χ3n) is 5.95. The molecular formula is C29H28FN5O2S. The van der Waals surface area contributed by atoms with Crippen LogP contribution in [0.15, 0.2) is 92.5 Å². The number of nitrogens with one attached hydrogen (secondary N) is 1. The molecule has 0 saturated carbocycles. The molecule has 9 heteroatoms. The number of aromatic nitrogens is 2. The van der Waals surface area contributed by atoms with E-state index >= 15 is 0 Å². The number of H-pyrrole nitrogens is 1. The van der Waals surface area contributed by atoms with E-state index in [0.717, 1.165) is 33.5 Å². The standard InChI is InChI=1S/C29H28FN5O2S/c1-4-35(21-8-6-5-7-9-21)26-25(20(16-31)17-32-3)34-29(37)28(27(26)36)38-22-12-10-19(11-13-22)23-14-15-24(30)33-18(23)2/h5-17H,4,31H2,1-3H3,(H2,34,36,37). The van der Waals surface area contributed by atoms with Crippen molar-refractivity contribution in [1.29, 1.82) is 0 Å². The summed E-state index contributed by atoms with van der Waals surface area (Å²) < 4.78 is 13.4. The lowest BCUT2D eigenvalue weighted by atomic mass is 10.1. The average molecular weight is 530 g/mol. The molecule has 4 aromatic rings. The molecule has 0 fully saturated rings. The molecule has 0 bridgehead atoms. The third-order valence-corrected chi connectivity index (χ3v) is 7.04. The summed E-state index contributed by atoms with van der Waals surface area (Å²) in [5.41, 5.74) is 9.78. The van der Waals surface area contributed by atoms with Crippen LogP contribution in [0.3, 0.4) is 0 Å². The maximum Gasteiger partial charge on any atom is 0.266 e. The van der Waals surface area contributed by atoms with E-state index in [2.05, 4.69) is 15.0 Å². The zero-order valence-electron chi connectivity index (χ0n) is 21.3. The molecule has 2 aromatic carbocycles. The largest absolute Gasteiger partial charge is 0.504 e. The number of rotatable bonds is 8. The van der Waals surface area contributed by atoms with Gasteiger partial charge in [0, 0.05) is 53.4 Å². The maximum absolute atomic E-state index is 13.4. The van der Waals surface area contributed by atoms with E-state index in [4.69, 9.17) is 5.73 Å². The van der Waals surface area contributed by atoms with Gasteiger partial charge in [0.15, 0.2) is 5.75 Å². The summed E-state index contributed by atoms with van der Waals surface area (Å²) >= 11 is 1.15. The Morgan fingerprint density at radius 3 is 2.47 bits per heavy atom. The van der Waals surface area contributed by atoms with Gasteiger partial charge in [0.2, 0.25) is 5.95 Å².